The van der Waals surface area contributed by atoms with Crippen LogP contribution in [-0.2, 0) is 14.3 Å². The van der Waals surface area contributed by atoms with Crippen LogP contribution < -0.4 is 0 Å². The second-order valence-electron chi connectivity index (χ2n) is 7.58. The Labute approximate surface area is 143 Å². The van der Waals surface area contributed by atoms with Gasteiger partial charge in [0.05, 0.1) is 11.7 Å². The van der Waals surface area contributed by atoms with Crippen molar-refractivity contribution in [3.63, 3.8) is 0 Å². The van der Waals surface area contributed by atoms with Crippen LogP contribution in [0.25, 0.3) is 5.57 Å². The van der Waals surface area contributed by atoms with Crippen LogP contribution in [0.5, 0.6) is 0 Å². The summed E-state index contributed by atoms with van der Waals surface area (Å²) >= 11 is 0. The molecule has 0 spiro atoms. The zero-order valence-corrected chi connectivity index (χ0v) is 15.4. The molecule has 0 heterocycles. The normalized spacial score (nSPS) is 17.2. The lowest BCUT2D eigenvalue weighted by Crippen LogP contribution is -2.28. The van der Waals surface area contributed by atoms with E-state index in [-0.39, 0.29) is 17.3 Å². The molecule has 0 fully saturated rings. The minimum Gasteiger partial charge on any atom is -0.431 e. The highest BCUT2D eigenvalue weighted by Gasteiger charge is 2.36. The zero-order valence-electron chi connectivity index (χ0n) is 15.4. The number of ketones is 1. The van der Waals surface area contributed by atoms with E-state index in [0.717, 1.165) is 16.7 Å². The van der Waals surface area contributed by atoms with Crippen molar-refractivity contribution in [2.24, 2.45) is 5.41 Å². The third-order valence-corrected chi connectivity index (χ3v) is 4.03. The van der Waals surface area contributed by atoms with Gasteiger partial charge in [0, 0.05) is 12.8 Å². The Morgan fingerprint density at radius 2 is 1.83 bits per heavy atom. The third-order valence-electron chi connectivity index (χ3n) is 4.03. The number of benzene rings is 1. The highest BCUT2D eigenvalue weighted by Crippen LogP contribution is 2.41. The van der Waals surface area contributed by atoms with E-state index in [4.69, 9.17) is 9.47 Å². The van der Waals surface area contributed by atoms with Gasteiger partial charge in [-0.3, -0.25) is 4.79 Å². The van der Waals surface area contributed by atoms with Crippen LogP contribution in [0, 0.1) is 19.3 Å². The van der Waals surface area contributed by atoms with Gasteiger partial charge < -0.3 is 9.47 Å². The summed E-state index contributed by atoms with van der Waals surface area (Å²) < 4.78 is 10.5. The molecule has 4 nitrogen and oxygen atoms in total. The van der Waals surface area contributed by atoms with Crippen molar-refractivity contribution in [1.82, 2.24) is 0 Å². The maximum Gasteiger partial charge on any atom is 0.513 e. The van der Waals surface area contributed by atoms with Crippen molar-refractivity contribution < 1.29 is 19.1 Å². The molecule has 1 aromatic carbocycles. The van der Waals surface area contributed by atoms with Gasteiger partial charge in [0.25, 0.3) is 0 Å². The molecule has 1 aromatic rings. The lowest BCUT2D eigenvalue weighted by molar-refractivity contribution is -0.116. The van der Waals surface area contributed by atoms with Gasteiger partial charge in [0.1, 0.15) is 5.76 Å². The van der Waals surface area contributed by atoms with E-state index >= 15 is 0 Å². The van der Waals surface area contributed by atoms with Gasteiger partial charge in [0.15, 0.2) is 5.78 Å². The molecule has 0 saturated carbocycles. The van der Waals surface area contributed by atoms with Gasteiger partial charge in [-0.05, 0) is 44.2 Å². The average Bonchev–Trinajstić information content (AvgIpc) is 2.38. The number of carbonyl (C=O) groups is 2. The van der Waals surface area contributed by atoms with Crippen LogP contribution in [-0.4, -0.2) is 18.0 Å². The molecule has 1 aliphatic rings. The van der Waals surface area contributed by atoms with E-state index in [1.165, 1.54) is 0 Å². The molecule has 0 amide bonds. The highest BCUT2D eigenvalue weighted by molar-refractivity contribution is 6.22. The molecule has 0 aromatic heterocycles. The minimum absolute atomic E-state index is 0.00514. The topological polar surface area (TPSA) is 52.6 Å². The number of Topliss-reactive ketones (excluding diaryl/α,β-unsaturated/α-hetero) is 1. The van der Waals surface area contributed by atoms with E-state index < -0.39 is 6.16 Å². The standard InChI is InChI=1S/C20H26O4/c1-12(2)23-19(22)24-17-11-20(5,6)10-16(21)18(17)15-8-7-13(3)9-14(15)4/h7-9,12H,10-11H2,1-6H3. The number of allylic oxidation sites excluding steroid dienone is 2. The van der Waals surface area contributed by atoms with Gasteiger partial charge in [0.2, 0.25) is 0 Å². The Balaban J connectivity index is 2.49. The molecule has 0 atom stereocenters. The number of aryl methyl sites for hydroxylation is 2. The van der Waals surface area contributed by atoms with Crippen LogP contribution in [0.2, 0.25) is 0 Å². The Morgan fingerprint density at radius 3 is 2.42 bits per heavy atom. The first-order chi connectivity index (χ1) is 11.1. The molecule has 0 unspecified atom stereocenters. The predicted octanol–water partition coefficient (Wildman–Crippen LogP) is 4.97. The Bertz CT molecular complexity index is 696. The second-order valence-corrected chi connectivity index (χ2v) is 7.58. The van der Waals surface area contributed by atoms with E-state index in [0.29, 0.717) is 24.2 Å². The molecule has 4 heteroatoms. The monoisotopic (exact) mass is 330 g/mol. The summed E-state index contributed by atoms with van der Waals surface area (Å²) in [5, 5.41) is 0. The van der Waals surface area contributed by atoms with Crippen LogP contribution >= 0.6 is 0 Å². The fraction of sp³-hybridized carbons (Fsp3) is 0.500. The molecule has 0 bridgehead atoms. The highest BCUT2D eigenvalue weighted by atomic mass is 16.7. The molecule has 24 heavy (non-hydrogen) atoms. The van der Waals surface area contributed by atoms with E-state index in [2.05, 4.69) is 0 Å². The SMILES string of the molecule is Cc1ccc(C2=C(OC(=O)OC(C)C)CC(C)(C)CC2=O)c(C)c1. The lowest BCUT2D eigenvalue weighted by Gasteiger charge is -2.31. The third kappa shape index (κ3) is 4.25. The molecule has 1 aliphatic carbocycles. The lowest BCUT2D eigenvalue weighted by atomic mass is 9.74. The molecule has 0 N–H and O–H groups in total. The smallest absolute Gasteiger partial charge is 0.431 e. The first kappa shape index (κ1) is 18.2. The molecule has 2 rings (SSSR count). The summed E-state index contributed by atoms with van der Waals surface area (Å²) in [5.74, 6) is 0.416. The van der Waals surface area contributed by atoms with Crippen LogP contribution in [0.4, 0.5) is 4.79 Å². The predicted molar refractivity (Wildman–Crippen MR) is 93.6 cm³/mol. The number of ether oxygens (including phenoxy) is 2. The first-order valence-electron chi connectivity index (χ1n) is 8.31. The number of hydrogen-bond donors (Lipinski definition) is 0. The molecular weight excluding hydrogens is 304 g/mol. The summed E-state index contributed by atoms with van der Waals surface area (Å²) in [6.07, 6.45) is -0.0706. The second kappa shape index (κ2) is 6.80. The van der Waals surface area contributed by atoms with Crippen molar-refractivity contribution in [3.05, 3.63) is 40.6 Å². The Kier molecular flexibility index (Phi) is 5.16. The molecule has 0 saturated heterocycles. The largest absolute Gasteiger partial charge is 0.513 e. The number of rotatable bonds is 3. The van der Waals surface area contributed by atoms with Crippen LogP contribution in [0.1, 0.15) is 57.2 Å². The fourth-order valence-electron chi connectivity index (χ4n) is 3.06. The maximum absolute atomic E-state index is 12.8. The van der Waals surface area contributed by atoms with Crippen molar-refractivity contribution in [1.29, 1.82) is 0 Å². The van der Waals surface area contributed by atoms with Crippen LogP contribution in [0.3, 0.4) is 0 Å². The van der Waals surface area contributed by atoms with Gasteiger partial charge in [-0.2, -0.15) is 0 Å². The average molecular weight is 330 g/mol. The summed E-state index contributed by atoms with van der Waals surface area (Å²) in [6.45, 7) is 11.5. The van der Waals surface area contributed by atoms with E-state index in [1.54, 1.807) is 13.8 Å². The Morgan fingerprint density at radius 1 is 1.17 bits per heavy atom. The van der Waals surface area contributed by atoms with Gasteiger partial charge >= 0.3 is 6.16 Å². The molecule has 0 aliphatic heterocycles. The van der Waals surface area contributed by atoms with E-state index in [9.17, 15) is 9.59 Å². The number of hydrogen-bond acceptors (Lipinski definition) is 4. The zero-order chi connectivity index (χ0) is 18.1. The van der Waals surface area contributed by atoms with Gasteiger partial charge in [-0.1, -0.05) is 37.6 Å². The fourth-order valence-corrected chi connectivity index (χ4v) is 3.06. The van der Waals surface area contributed by atoms with E-state index in [1.807, 2.05) is 45.9 Å². The van der Waals surface area contributed by atoms with Crippen molar-refractivity contribution in [2.75, 3.05) is 0 Å². The summed E-state index contributed by atoms with van der Waals surface area (Å²) in [7, 11) is 0. The molecule has 0 radical (unpaired) electrons. The maximum atomic E-state index is 12.8. The molecular formula is C20H26O4. The van der Waals surface area contributed by atoms with Crippen molar-refractivity contribution in [3.8, 4) is 0 Å². The van der Waals surface area contributed by atoms with Crippen LogP contribution in [0.15, 0.2) is 24.0 Å². The first-order valence-corrected chi connectivity index (χ1v) is 8.31. The summed E-state index contributed by atoms with van der Waals surface area (Å²) in [5.41, 5.74) is 3.21. The quantitative estimate of drug-likeness (QED) is 0.735. The van der Waals surface area contributed by atoms with Gasteiger partial charge in [-0.15, -0.1) is 0 Å². The molecule has 130 valence electrons. The number of carbonyl (C=O) groups excluding carboxylic acids is 2. The summed E-state index contributed by atoms with van der Waals surface area (Å²) in [6, 6.07) is 5.92. The van der Waals surface area contributed by atoms with Gasteiger partial charge in [-0.25, -0.2) is 4.79 Å². The summed E-state index contributed by atoms with van der Waals surface area (Å²) in [4.78, 5) is 24.7. The Hall–Kier alpha value is -2.10. The van der Waals surface area contributed by atoms with Crippen molar-refractivity contribution >= 4 is 17.5 Å². The van der Waals surface area contributed by atoms with Crippen molar-refractivity contribution in [2.45, 2.75) is 60.5 Å². The minimum atomic E-state index is -0.757.